The van der Waals surface area contributed by atoms with Gasteiger partial charge in [-0.3, -0.25) is 5.10 Å². The number of rotatable bonds is 0. The fourth-order valence-electron chi connectivity index (χ4n) is 0.714. The van der Waals surface area contributed by atoms with Crippen LogP contribution in [-0.4, -0.2) is 25.6 Å². The first-order valence-corrected chi connectivity index (χ1v) is 2.66. The van der Waals surface area contributed by atoms with E-state index in [1.807, 2.05) is 0 Å². The van der Waals surface area contributed by atoms with Crippen LogP contribution in [0.25, 0.3) is 11.0 Å². The molecule has 0 amide bonds. The van der Waals surface area contributed by atoms with Crippen molar-refractivity contribution in [2.45, 2.75) is 0 Å². The second-order valence-corrected chi connectivity index (χ2v) is 1.81. The highest BCUT2D eigenvalue weighted by atomic mass is 15.3. The summed E-state index contributed by atoms with van der Waals surface area (Å²) in [6.07, 6.45) is 1.52. The van der Waals surface area contributed by atoms with Crippen molar-refractivity contribution < 1.29 is 0 Å². The number of aromatic amines is 1. The Kier molecular flexibility index (Phi) is 0.830. The summed E-state index contributed by atoms with van der Waals surface area (Å²) in [6.45, 7) is 0. The van der Waals surface area contributed by atoms with Crippen molar-refractivity contribution in [3.05, 3.63) is 6.20 Å². The standard InChI is InChI=1S/C4H4N6/c5-4-3-2(7-9-4)1-6-10-8-3/h1H,(H3,5,7,9). The fourth-order valence-corrected chi connectivity index (χ4v) is 0.714. The summed E-state index contributed by atoms with van der Waals surface area (Å²) in [6, 6.07) is 0. The van der Waals surface area contributed by atoms with E-state index in [0.717, 1.165) is 0 Å². The van der Waals surface area contributed by atoms with Gasteiger partial charge in [-0.15, -0.1) is 10.2 Å². The molecule has 10 heavy (non-hydrogen) atoms. The van der Waals surface area contributed by atoms with Crippen LogP contribution < -0.4 is 5.73 Å². The van der Waals surface area contributed by atoms with Crippen molar-refractivity contribution in [1.29, 1.82) is 0 Å². The quantitative estimate of drug-likeness (QED) is 0.501. The summed E-state index contributed by atoms with van der Waals surface area (Å²) in [5, 5.41) is 17.0. The van der Waals surface area contributed by atoms with Gasteiger partial charge in [0, 0.05) is 0 Å². The van der Waals surface area contributed by atoms with E-state index in [4.69, 9.17) is 5.73 Å². The maximum atomic E-state index is 5.40. The molecule has 6 nitrogen and oxygen atoms in total. The molecule has 0 aliphatic rings. The van der Waals surface area contributed by atoms with Gasteiger partial charge in [-0.25, -0.2) is 0 Å². The number of nitrogen functional groups attached to an aromatic ring is 1. The second kappa shape index (κ2) is 1.63. The molecule has 0 aromatic carbocycles. The molecule has 0 radical (unpaired) electrons. The number of anilines is 1. The molecule has 0 atom stereocenters. The van der Waals surface area contributed by atoms with Gasteiger partial charge >= 0.3 is 0 Å². The number of fused-ring (bicyclic) bond motifs is 1. The van der Waals surface area contributed by atoms with Crippen LogP contribution in [0.15, 0.2) is 6.20 Å². The highest BCUT2D eigenvalue weighted by molar-refractivity contribution is 5.82. The molecule has 2 heterocycles. The molecule has 0 spiro atoms. The van der Waals surface area contributed by atoms with Crippen molar-refractivity contribution in [2.24, 2.45) is 0 Å². The summed E-state index contributed by atoms with van der Waals surface area (Å²) in [5.41, 5.74) is 6.67. The van der Waals surface area contributed by atoms with Crippen LogP contribution in [0.2, 0.25) is 0 Å². The Hall–Kier alpha value is -1.72. The Morgan fingerprint density at radius 2 is 2.40 bits per heavy atom. The third-order valence-electron chi connectivity index (χ3n) is 1.18. The van der Waals surface area contributed by atoms with Crippen LogP contribution in [0.1, 0.15) is 0 Å². The second-order valence-electron chi connectivity index (χ2n) is 1.81. The van der Waals surface area contributed by atoms with Gasteiger partial charge in [0.1, 0.15) is 5.52 Å². The van der Waals surface area contributed by atoms with Crippen LogP contribution in [-0.2, 0) is 0 Å². The SMILES string of the molecule is Nc1n[nH]c2cnnnc12. The average Bonchev–Trinajstić information content (AvgIpc) is 2.34. The molecule has 0 saturated heterocycles. The maximum absolute atomic E-state index is 5.40. The number of H-pyrrole nitrogens is 1. The van der Waals surface area contributed by atoms with Crippen molar-refractivity contribution >= 4 is 16.9 Å². The van der Waals surface area contributed by atoms with Crippen LogP contribution in [0.3, 0.4) is 0 Å². The molecule has 2 aromatic heterocycles. The van der Waals surface area contributed by atoms with Gasteiger partial charge in [0.2, 0.25) is 0 Å². The van der Waals surface area contributed by atoms with E-state index in [0.29, 0.717) is 16.9 Å². The van der Waals surface area contributed by atoms with Gasteiger partial charge in [0.25, 0.3) is 0 Å². The number of nitrogens with zero attached hydrogens (tertiary/aromatic N) is 4. The monoisotopic (exact) mass is 136 g/mol. The average molecular weight is 136 g/mol. The van der Waals surface area contributed by atoms with Crippen molar-refractivity contribution in [1.82, 2.24) is 25.6 Å². The Bertz CT molecular complexity index is 351. The Morgan fingerprint density at radius 3 is 3.20 bits per heavy atom. The molecule has 2 rings (SSSR count). The smallest absolute Gasteiger partial charge is 0.173 e. The van der Waals surface area contributed by atoms with E-state index >= 15 is 0 Å². The summed E-state index contributed by atoms with van der Waals surface area (Å²) >= 11 is 0. The third-order valence-corrected chi connectivity index (χ3v) is 1.18. The molecule has 0 unspecified atom stereocenters. The lowest BCUT2D eigenvalue weighted by Gasteiger charge is -1.81. The predicted molar refractivity (Wildman–Crippen MR) is 33.9 cm³/mol. The highest BCUT2D eigenvalue weighted by Gasteiger charge is 2.01. The summed E-state index contributed by atoms with van der Waals surface area (Å²) in [7, 11) is 0. The Labute approximate surface area is 55.4 Å². The molecule has 0 aliphatic carbocycles. The molecule has 0 aliphatic heterocycles. The lowest BCUT2D eigenvalue weighted by atomic mass is 10.5. The zero-order valence-corrected chi connectivity index (χ0v) is 4.94. The minimum atomic E-state index is 0.352. The van der Waals surface area contributed by atoms with E-state index < -0.39 is 0 Å². The maximum Gasteiger partial charge on any atom is 0.173 e. The predicted octanol–water partition coefficient (Wildman–Crippen LogP) is -0.670. The molecule has 0 fully saturated rings. The molecule has 50 valence electrons. The van der Waals surface area contributed by atoms with E-state index in [1.54, 1.807) is 0 Å². The van der Waals surface area contributed by atoms with Gasteiger partial charge in [-0.05, 0) is 5.21 Å². The normalized spacial score (nSPS) is 10.4. The third kappa shape index (κ3) is 0.524. The van der Waals surface area contributed by atoms with E-state index in [2.05, 4.69) is 25.6 Å². The molecule has 0 bridgehead atoms. The topological polar surface area (TPSA) is 93.4 Å². The van der Waals surface area contributed by atoms with Gasteiger partial charge in [-0.2, -0.15) is 5.10 Å². The molecule has 2 aromatic rings. The summed E-state index contributed by atoms with van der Waals surface area (Å²) in [4.78, 5) is 0. The van der Waals surface area contributed by atoms with Crippen LogP contribution >= 0.6 is 0 Å². The molecular weight excluding hydrogens is 132 g/mol. The Morgan fingerprint density at radius 1 is 1.50 bits per heavy atom. The molecule has 6 heteroatoms. The number of nitrogens with two attached hydrogens (primary N) is 1. The van der Waals surface area contributed by atoms with Crippen molar-refractivity contribution in [3.63, 3.8) is 0 Å². The molecule has 3 N–H and O–H groups in total. The first-order valence-electron chi connectivity index (χ1n) is 2.66. The van der Waals surface area contributed by atoms with Gasteiger partial charge in [-0.1, -0.05) is 0 Å². The van der Waals surface area contributed by atoms with Crippen LogP contribution in [0.4, 0.5) is 5.82 Å². The zero-order valence-electron chi connectivity index (χ0n) is 4.94. The zero-order chi connectivity index (χ0) is 6.97. The first-order chi connectivity index (χ1) is 4.88. The van der Waals surface area contributed by atoms with Crippen LogP contribution in [0.5, 0.6) is 0 Å². The molecular formula is C4H4N6. The highest BCUT2D eigenvalue weighted by Crippen LogP contribution is 2.09. The van der Waals surface area contributed by atoms with Gasteiger partial charge in [0.15, 0.2) is 11.3 Å². The lowest BCUT2D eigenvalue weighted by Crippen LogP contribution is -1.88. The van der Waals surface area contributed by atoms with Crippen molar-refractivity contribution in [3.8, 4) is 0 Å². The number of hydrogen-bond donors (Lipinski definition) is 2. The minimum Gasteiger partial charge on any atom is -0.380 e. The first kappa shape index (κ1) is 5.10. The fraction of sp³-hybridized carbons (Fsp3) is 0. The van der Waals surface area contributed by atoms with E-state index in [1.165, 1.54) is 6.20 Å². The van der Waals surface area contributed by atoms with Crippen molar-refractivity contribution in [2.75, 3.05) is 5.73 Å². The minimum absolute atomic E-state index is 0.352. The van der Waals surface area contributed by atoms with Gasteiger partial charge in [0.05, 0.1) is 6.20 Å². The summed E-state index contributed by atoms with van der Waals surface area (Å²) in [5.74, 6) is 0.352. The van der Waals surface area contributed by atoms with E-state index in [-0.39, 0.29) is 0 Å². The van der Waals surface area contributed by atoms with E-state index in [9.17, 15) is 0 Å². The Balaban J connectivity index is 2.93. The lowest BCUT2D eigenvalue weighted by molar-refractivity contribution is 0.895. The number of aromatic nitrogens is 5. The number of hydrogen-bond acceptors (Lipinski definition) is 5. The van der Waals surface area contributed by atoms with Gasteiger partial charge < -0.3 is 5.73 Å². The van der Waals surface area contributed by atoms with Crippen LogP contribution in [0, 0.1) is 0 Å². The summed E-state index contributed by atoms with van der Waals surface area (Å²) < 4.78 is 0. The largest absolute Gasteiger partial charge is 0.380 e. The number of nitrogens with one attached hydrogen (secondary N) is 1. The molecule has 0 saturated carbocycles.